The lowest BCUT2D eigenvalue weighted by molar-refractivity contribution is 0.568. The number of rotatable bonds is 6. The highest BCUT2D eigenvalue weighted by Gasteiger charge is 2.17. The molecule has 1 unspecified atom stereocenters. The molecule has 0 spiro atoms. The molecule has 164 valence electrons. The van der Waals surface area contributed by atoms with Crippen molar-refractivity contribution in [2.75, 3.05) is 11.5 Å². The minimum absolute atomic E-state index is 0.349. The number of benzene rings is 2. The highest BCUT2D eigenvalue weighted by molar-refractivity contribution is 7.99. The predicted octanol–water partition coefficient (Wildman–Crippen LogP) is 6.07. The minimum Gasteiger partial charge on any atom is -0.268 e. The normalized spacial score (nSPS) is 15.8. The molecule has 0 bridgehead atoms. The second-order valence-electron chi connectivity index (χ2n) is 7.88. The average Bonchev–Trinajstić information content (AvgIpc) is 3.15. The Hall–Kier alpha value is -2.06. The molecule has 4 nitrogen and oxygen atoms in total. The minimum atomic E-state index is -1.17. The van der Waals surface area contributed by atoms with Gasteiger partial charge in [0.15, 0.2) is 5.65 Å². The fourth-order valence-electron chi connectivity index (χ4n) is 3.95. The number of hydrogen-bond donors (Lipinski definition) is 1. The van der Waals surface area contributed by atoms with Gasteiger partial charge in [0.25, 0.3) is 0 Å². The molecule has 0 aliphatic carbocycles. The Labute approximate surface area is 199 Å². The Morgan fingerprint density at radius 1 is 1.06 bits per heavy atom. The molecule has 1 fully saturated rings. The van der Waals surface area contributed by atoms with Crippen LogP contribution in [0, 0.1) is 6.92 Å². The number of fused-ring (bicyclic) bond motifs is 1. The number of nitrogens with zero attached hydrogens (tertiary/aromatic N) is 2. The zero-order valence-electron chi connectivity index (χ0n) is 17.9. The SMILES string of the molecule is Cc1cc2c(-c3ccc(S(=O)NC4CCSCC4)cc3)ccnc2n1Sc1ccccc1. The van der Waals surface area contributed by atoms with Crippen LogP contribution < -0.4 is 4.72 Å². The molecule has 1 saturated heterocycles. The third-order valence-electron chi connectivity index (χ3n) is 5.65. The molecule has 3 heterocycles. The first-order valence-corrected chi connectivity index (χ1v) is 13.8. The Morgan fingerprint density at radius 2 is 1.81 bits per heavy atom. The maximum Gasteiger partial charge on any atom is 0.151 e. The van der Waals surface area contributed by atoms with Gasteiger partial charge in [0.2, 0.25) is 0 Å². The van der Waals surface area contributed by atoms with Crippen molar-refractivity contribution >= 4 is 45.7 Å². The van der Waals surface area contributed by atoms with Crippen LogP contribution in [0.25, 0.3) is 22.2 Å². The third kappa shape index (κ3) is 4.66. The maximum absolute atomic E-state index is 12.8. The molecule has 1 atom stereocenters. The maximum atomic E-state index is 12.8. The lowest BCUT2D eigenvalue weighted by Crippen LogP contribution is -2.33. The zero-order chi connectivity index (χ0) is 21.9. The van der Waals surface area contributed by atoms with E-state index >= 15 is 0 Å². The van der Waals surface area contributed by atoms with Crippen LogP contribution in [0.3, 0.4) is 0 Å². The molecule has 0 saturated carbocycles. The van der Waals surface area contributed by atoms with E-state index in [1.54, 1.807) is 11.9 Å². The van der Waals surface area contributed by atoms with E-state index in [9.17, 15) is 4.21 Å². The molecule has 0 amide bonds. The molecule has 1 N–H and O–H groups in total. The van der Waals surface area contributed by atoms with Crippen molar-refractivity contribution in [3.8, 4) is 11.1 Å². The van der Waals surface area contributed by atoms with E-state index in [0.29, 0.717) is 6.04 Å². The van der Waals surface area contributed by atoms with Crippen LogP contribution in [0.4, 0.5) is 0 Å². The first kappa shape index (κ1) is 21.8. The van der Waals surface area contributed by atoms with E-state index in [1.807, 2.05) is 36.2 Å². The predicted molar refractivity (Wildman–Crippen MR) is 137 cm³/mol. The standard InChI is InChI=1S/C25H25N3OS3/c1-18-17-24-23(11-14-26-25(24)28(18)31-21-5-3-2-4-6-21)19-7-9-22(10-8-19)32(29)27-20-12-15-30-16-13-20/h2-11,14,17,20,27H,12-13,15-16H2,1H3. The van der Waals surface area contributed by atoms with Crippen LogP contribution >= 0.6 is 23.7 Å². The van der Waals surface area contributed by atoms with Gasteiger partial charge in [-0.1, -0.05) is 30.3 Å². The number of thioether (sulfide) groups is 1. The molecule has 1 aliphatic heterocycles. The van der Waals surface area contributed by atoms with Gasteiger partial charge < -0.3 is 0 Å². The van der Waals surface area contributed by atoms with Crippen molar-refractivity contribution in [3.05, 3.63) is 78.6 Å². The van der Waals surface area contributed by atoms with E-state index in [-0.39, 0.29) is 0 Å². The third-order valence-corrected chi connectivity index (χ3v) is 9.07. The fourth-order valence-corrected chi connectivity index (χ4v) is 7.03. The van der Waals surface area contributed by atoms with Crippen molar-refractivity contribution in [3.63, 3.8) is 0 Å². The Bertz CT molecular complexity index is 1230. The largest absolute Gasteiger partial charge is 0.268 e. The molecule has 1 aliphatic rings. The van der Waals surface area contributed by atoms with Gasteiger partial charge in [0.05, 0.1) is 4.90 Å². The van der Waals surface area contributed by atoms with Gasteiger partial charge in [-0.25, -0.2) is 13.9 Å². The van der Waals surface area contributed by atoms with E-state index in [4.69, 9.17) is 0 Å². The van der Waals surface area contributed by atoms with Crippen LogP contribution in [0.2, 0.25) is 0 Å². The second-order valence-corrected chi connectivity index (χ2v) is 11.4. The van der Waals surface area contributed by atoms with Crippen molar-refractivity contribution in [2.45, 2.75) is 35.6 Å². The summed E-state index contributed by atoms with van der Waals surface area (Å²) in [4.78, 5) is 6.68. The smallest absolute Gasteiger partial charge is 0.151 e. The van der Waals surface area contributed by atoms with Crippen LogP contribution in [0.5, 0.6) is 0 Å². The molecule has 7 heteroatoms. The van der Waals surface area contributed by atoms with E-state index < -0.39 is 11.0 Å². The summed E-state index contributed by atoms with van der Waals surface area (Å²) in [5, 5.41) is 1.13. The highest BCUT2D eigenvalue weighted by Crippen LogP contribution is 2.34. The lowest BCUT2D eigenvalue weighted by atomic mass is 10.0. The van der Waals surface area contributed by atoms with Crippen LogP contribution in [0.1, 0.15) is 18.5 Å². The Morgan fingerprint density at radius 3 is 2.56 bits per heavy atom. The summed E-state index contributed by atoms with van der Waals surface area (Å²) in [5.41, 5.74) is 4.36. The number of aryl methyl sites for hydroxylation is 1. The zero-order valence-corrected chi connectivity index (χ0v) is 20.3. The quantitative estimate of drug-likeness (QED) is 0.364. The number of pyridine rings is 1. The molecular formula is C25H25N3OS3. The van der Waals surface area contributed by atoms with Gasteiger partial charge in [0.1, 0.15) is 11.0 Å². The summed E-state index contributed by atoms with van der Waals surface area (Å²) in [6, 6.07) is 23.0. The van der Waals surface area contributed by atoms with Gasteiger partial charge in [-0.05, 0) is 90.7 Å². The summed E-state index contributed by atoms with van der Waals surface area (Å²) < 4.78 is 18.3. The number of nitrogens with one attached hydrogen (secondary N) is 1. The van der Waals surface area contributed by atoms with Crippen LogP contribution in [-0.4, -0.2) is 30.7 Å². The number of hydrogen-bond acceptors (Lipinski definition) is 4. The molecule has 5 rings (SSSR count). The number of aromatic nitrogens is 2. The van der Waals surface area contributed by atoms with Gasteiger partial charge in [-0.2, -0.15) is 11.8 Å². The summed E-state index contributed by atoms with van der Waals surface area (Å²) in [6.07, 6.45) is 4.04. The first-order chi connectivity index (χ1) is 15.7. The molecule has 2 aromatic carbocycles. The summed E-state index contributed by atoms with van der Waals surface area (Å²) >= 11 is 3.66. The van der Waals surface area contributed by atoms with Gasteiger partial charge in [-0.3, -0.25) is 3.97 Å². The van der Waals surface area contributed by atoms with Gasteiger partial charge >= 0.3 is 0 Å². The molecule has 32 heavy (non-hydrogen) atoms. The van der Waals surface area contributed by atoms with E-state index in [1.165, 1.54) is 4.90 Å². The van der Waals surface area contributed by atoms with Crippen molar-refractivity contribution in [1.29, 1.82) is 0 Å². The van der Waals surface area contributed by atoms with Gasteiger partial charge in [0, 0.05) is 28.2 Å². The van der Waals surface area contributed by atoms with Crippen LogP contribution in [0.15, 0.2) is 82.7 Å². The lowest BCUT2D eigenvalue weighted by Gasteiger charge is -2.21. The van der Waals surface area contributed by atoms with Crippen molar-refractivity contribution in [1.82, 2.24) is 13.7 Å². The molecule has 2 aromatic heterocycles. The van der Waals surface area contributed by atoms with Crippen molar-refractivity contribution in [2.24, 2.45) is 0 Å². The molecule has 0 radical (unpaired) electrons. The molecule has 4 aromatic rings. The van der Waals surface area contributed by atoms with Crippen LogP contribution in [-0.2, 0) is 11.0 Å². The van der Waals surface area contributed by atoms with Crippen molar-refractivity contribution < 1.29 is 4.21 Å². The highest BCUT2D eigenvalue weighted by atomic mass is 32.2. The molecular weight excluding hydrogens is 454 g/mol. The first-order valence-electron chi connectivity index (χ1n) is 10.8. The van der Waals surface area contributed by atoms with E-state index in [2.05, 4.69) is 69.1 Å². The summed E-state index contributed by atoms with van der Waals surface area (Å²) in [6.45, 7) is 2.11. The second kappa shape index (κ2) is 9.83. The van der Waals surface area contributed by atoms with Gasteiger partial charge in [-0.15, -0.1) is 0 Å². The van der Waals surface area contributed by atoms with E-state index in [0.717, 1.165) is 57.1 Å². The average molecular weight is 480 g/mol. The Balaban J connectivity index is 1.41. The Kier molecular flexibility index (Phi) is 6.69. The fraction of sp³-hybridized carbons (Fsp3) is 0.240. The summed E-state index contributed by atoms with van der Waals surface area (Å²) in [7, 11) is -1.17. The topological polar surface area (TPSA) is 46.9 Å². The monoisotopic (exact) mass is 479 g/mol. The summed E-state index contributed by atoms with van der Waals surface area (Å²) in [5.74, 6) is 2.29.